The van der Waals surface area contributed by atoms with Gasteiger partial charge in [0.25, 0.3) is 0 Å². The molecule has 0 bridgehead atoms. The zero-order valence-electron chi connectivity index (χ0n) is 17.4. The number of aliphatic hydroxyl groups excluding tert-OH is 1. The molecule has 156 valence electrons. The van der Waals surface area contributed by atoms with Crippen LogP contribution in [0.1, 0.15) is 28.4 Å². The second-order valence-corrected chi connectivity index (χ2v) is 7.47. The van der Waals surface area contributed by atoms with Gasteiger partial charge >= 0.3 is 0 Å². The Hall–Kier alpha value is -2.95. The number of nitrogens with zero attached hydrogens (tertiary/aromatic N) is 1. The summed E-state index contributed by atoms with van der Waals surface area (Å²) in [5.41, 5.74) is 3.02. The third-order valence-electron chi connectivity index (χ3n) is 4.98. The molecule has 1 N–H and O–H groups in total. The van der Waals surface area contributed by atoms with Gasteiger partial charge in [-0.05, 0) is 36.6 Å². The third kappa shape index (κ3) is 6.83. The number of carbonyl (C=O) groups excluding carboxylic acids is 1. The number of para-hydroxylation sites is 1. The number of carbonyl (C=O) groups is 1. The number of ether oxygens (including phenoxy) is 1. The van der Waals surface area contributed by atoms with E-state index in [1.165, 1.54) is 18.1 Å². The molecule has 4 heteroatoms. The smallest absolute Gasteiger partial charge is 0.163 e. The van der Waals surface area contributed by atoms with Gasteiger partial charge in [0.1, 0.15) is 18.5 Å². The summed E-state index contributed by atoms with van der Waals surface area (Å²) in [6.07, 6.45) is 0.249. The molecule has 30 heavy (non-hydrogen) atoms. The zero-order valence-corrected chi connectivity index (χ0v) is 17.4. The van der Waals surface area contributed by atoms with Gasteiger partial charge < -0.3 is 9.84 Å². The molecule has 4 nitrogen and oxygen atoms in total. The lowest BCUT2D eigenvalue weighted by Crippen LogP contribution is -2.36. The number of ketones is 1. The van der Waals surface area contributed by atoms with Crippen LogP contribution in [0.5, 0.6) is 5.75 Å². The van der Waals surface area contributed by atoms with E-state index in [4.69, 9.17) is 4.74 Å². The molecule has 0 aliphatic rings. The van der Waals surface area contributed by atoms with Gasteiger partial charge in [-0.2, -0.15) is 0 Å². The molecule has 0 aliphatic carbocycles. The largest absolute Gasteiger partial charge is 0.490 e. The third-order valence-corrected chi connectivity index (χ3v) is 4.98. The lowest BCUT2D eigenvalue weighted by atomic mass is 10.1. The topological polar surface area (TPSA) is 49.8 Å². The van der Waals surface area contributed by atoms with Crippen LogP contribution in [0.25, 0.3) is 0 Å². The number of hydrogen-bond acceptors (Lipinski definition) is 4. The molecule has 0 unspecified atom stereocenters. The molecule has 3 aromatic carbocycles. The van der Waals surface area contributed by atoms with Gasteiger partial charge in [-0.3, -0.25) is 9.69 Å². The Bertz CT molecular complexity index is 912. The molecule has 0 fully saturated rings. The summed E-state index contributed by atoms with van der Waals surface area (Å²) >= 11 is 0. The molecule has 3 rings (SSSR count). The zero-order chi connectivity index (χ0) is 21.2. The van der Waals surface area contributed by atoms with Crippen LogP contribution in [-0.4, -0.2) is 41.6 Å². The average molecular weight is 404 g/mol. The highest BCUT2D eigenvalue weighted by molar-refractivity contribution is 5.96. The van der Waals surface area contributed by atoms with Crippen LogP contribution in [0, 0.1) is 0 Å². The molecule has 1 atom stereocenters. The Morgan fingerprint density at radius 2 is 1.50 bits per heavy atom. The van der Waals surface area contributed by atoms with Crippen molar-refractivity contribution in [3.63, 3.8) is 0 Å². The first kappa shape index (κ1) is 21.8. The maximum absolute atomic E-state index is 11.8. The van der Waals surface area contributed by atoms with Crippen LogP contribution in [0.2, 0.25) is 0 Å². The molecule has 0 heterocycles. The number of rotatable bonds is 11. The lowest BCUT2D eigenvalue weighted by Gasteiger charge is -2.25. The van der Waals surface area contributed by atoms with Crippen molar-refractivity contribution in [2.45, 2.75) is 26.0 Å². The monoisotopic (exact) mass is 403 g/mol. The van der Waals surface area contributed by atoms with Crippen molar-refractivity contribution in [3.8, 4) is 5.75 Å². The predicted octanol–water partition coefficient (Wildman–Crippen LogP) is 4.37. The van der Waals surface area contributed by atoms with Crippen LogP contribution >= 0.6 is 0 Å². The highest BCUT2D eigenvalue weighted by Gasteiger charge is 2.15. The Morgan fingerprint density at radius 3 is 2.17 bits per heavy atom. The molecule has 0 aromatic heterocycles. The molecule has 0 saturated carbocycles. The molecular formula is C26H29NO3. The van der Waals surface area contributed by atoms with Crippen LogP contribution in [0.15, 0.2) is 84.9 Å². The maximum Gasteiger partial charge on any atom is 0.163 e. The second kappa shape index (κ2) is 11.3. The minimum Gasteiger partial charge on any atom is -0.490 e. The minimum absolute atomic E-state index is 0.0475. The van der Waals surface area contributed by atoms with Gasteiger partial charge in [-0.15, -0.1) is 0 Å². The van der Waals surface area contributed by atoms with Gasteiger partial charge in [0.15, 0.2) is 5.78 Å². The van der Waals surface area contributed by atoms with E-state index in [0.29, 0.717) is 17.9 Å². The number of hydrogen-bond donors (Lipinski definition) is 1. The Labute approximate surface area is 178 Å². The average Bonchev–Trinajstić information content (AvgIpc) is 2.77. The minimum atomic E-state index is -0.663. The molecule has 0 spiro atoms. The molecule has 0 radical (unpaired) electrons. The van der Waals surface area contributed by atoms with E-state index < -0.39 is 6.10 Å². The Balaban J connectivity index is 1.60. The highest BCUT2D eigenvalue weighted by Crippen LogP contribution is 2.18. The van der Waals surface area contributed by atoms with Gasteiger partial charge in [0.05, 0.1) is 5.56 Å². The van der Waals surface area contributed by atoms with E-state index in [1.54, 1.807) is 12.1 Å². The van der Waals surface area contributed by atoms with Crippen molar-refractivity contribution in [1.82, 2.24) is 4.90 Å². The van der Waals surface area contributed by atoms with E-state index in [-0.39, 0.29) is 12.4 Å². The van der Waals surface area contributed by atoms with Crippen molar-refractivity contribution < 1.29 is 14.6 Å². The van der Waals surface area contributed by atoms with Crippen LogP contribution in [0.4, 0.5) is 0 Å². The SMILES string of the molecule is CC(=O)c1ccccc1OC[C@@H](O)CN(CCc1ccccc1)Cc1ccccc1. The van der Waals surface area contributed by atoms with E-state index >= 15 is 0 Å². The first-order chi connectivity index (χ1) is 14.6. The van der Waals surface area contributed by atoms with Crippen LogP contribution in [0.3, 0.4) is 0 Å². The van der Waals surface area contributed by atoms with Crippen molar-refractivity contribution >= 4 is 5.78 Å². The van der Waals surface area contributed by atoms with Gasteiger partial charge in [-0.1, -0.05) is 72.8 Å². The van der Waals surface area contributed by atoms with Gasteiger partial charge in [0.2, 0.25) is 0 Å². The highest BCUT2D eigenvalue weighted by atomic mass is 16.5. The van der Waals surface area contributed by atoms with Gasteiger partial charge in [-0.25, -0.2) is 0 Å². The lowest BCUT2D eigenvalue weighted by molar-refractivity contribution is 0.0652. The maximum atomic E-state index is 11.8. The number of benzene rings is 3. The quantitative estimate of drug-likeness (QED) is 0.483. The Morgan fingerprint density at radius 1 is 0.900 bits per heavy atom. The summed E-state index contributed by atoms with van der Waals surface area (Å²) < 4.78 is 5.78. The van der Waals surface area contributed by atoms with Gasteiger partial charge in [0, 0.05) is 19.6 Å². The fraction of sp³-hybridized carbons (Fsp3) is 0.269. The Kier molecular flexibility index (Phi) is 8.19. The predicted molar refractivity (Wildman–Crippen MR) is 120 cm³/mol. The van der Waals surface area contributed by atoms with Crippen molar-refractivity contribution in [2.24, 2.45) is 0 Å². The number of Topliss-reactive ketones (excluding diaryl/α,β-unsaturated/α-hetero) is 1. The molecular weight excluding hydrogens is 374 g/mol. The summed E-state index contributed by atoms with van der Waals surface area (Å²) in [4.78, 5) is 14.0. The number of aliphatic hydroxyl groups is 1. The van der Waals surface area contributed by atoms with E-state index in [0.717, 1.165) is 19.5 Å². The van der Waals surface area contributed by atoms with E-state index in [9.17, 15) is 9.90 Å². The summed E-state index contributed by atoms with van der Waals surface area (Å²) in [5, 5.41) is 10.6. The second-order valence-electron chi connectivity index (χ2n) is 7.47. The fourth-order valence-electron chi connectivity index (χ4n) is 3.43. The first-order valence-electron chi connectivity index (χ1n) is 10.3. The normalized spacial score (nSPS) is 12.0. The standard InChI is InChI=1S/C26H29NO3/c1-21(28)25-14-8-9-15-26(25)30-20-24(29)19-27(18-23-12-6-3-7-13-23)17-16-22-10-4-2-5-11-22/h2-15,24,29H,16-20H2,1H3/t24-/m0/s1. The summed E-state index contributed by atoms with van der Waals surface area (Å²) in [6, 6.07) is 27.8. The molecule has 0 saturated heterocycles. The van der Waals surface area contributed by atoms with Crippen molar-refractivity contribution in [3.05, 3.63) is 102 Å². The van der Waals surface area contributed by atoms with Crippen LogP contribution in [-0.2, 0) is 13.0 Å². The van der Waals surface area contributed by atoms with E-state index in [1.807, 2.05) is 48.5 Å². The molecule has 0 aliphatic heterocycles. The van der Waals surface area contributed by atoms with Crippen LogP contribution < -0.4 is 4.74 Å². The first-order valence-corrected chi connectivity index (χ1v) is 10.3. The van der Waals surface area contributed by atoms with Crippen molar-refractivity contribution in [1.29, 1.82) is 0 Å². The summed E-state index contributed by atoms with van der Waals surface area (Å²) in [7, 11) is 0. The summed E-state index contributed by atoms with van der Waals surface area (Å²) in [5.74, 6) is 0.469. The molecule has 0 amide bonds. The van der Waals surface area contributed by atoms with E-state index in [2.05, 4.69) is 29.2 Å². The van der Waals surface area contributed by atoms with Crippen molar-refractivity contribution in [2.75, 3.05) is 19.7 Å². The summed E-state index contributed by atoms with van der Waals surface area (Å²) in [6.45, 7) is 3.74. The fourth-order valence-corrected chi connectivity index (χ4v) is 3.43. The molecule has 3 aromatic rings.